The molecular weight excluding hydrogens is 228 g/mol. The van der Waals surface area contributed by atoms with Gasteiger partial charge in [-0.2, -0.15) is 0 Å². The Morgan fingerprint density at radius 1 is 1.44 bits per heavy atom. The van der Waals surface area contributed by atoms with Crippen molar-refractivity contribution in [3.05, 3.63) is 24.2 Å². The fraction of sp³-hybridized carbons (Fsp3) is 0.545. The summed E-state index contributed by atoms with van der Waals surface area (Å²) in [6, 6.07) is 3.76. The average molecular weight is 245 g/mol. The first kappa shape index (κ1) is 13.1. The second-order valence-corrected chi connectivity index (χ2v) is 3.71. The van der Waals surface area contributed by atoms with E-state index in [9.17, 15) is 4.79 Å². The molecule has 0 aromatic carbocycles. The molecule has 1 aromatic heterocycles. The smallest absolute Gasteiger partial charge is 0.223 e. The fourth-order valence-corrected chi connectivity index (χ4v) is 1.76. The molecule has 2 rings (SSSR count). The molecule has 0 bridgehead atoms. The zero-order valence-corrected chi connectivity index (χ0v) is 9.96. The summed E-state index contributed by atoms with van der Waals surface area (Å²) in [4.78, 5) is 13.7. The Labute approximate surface area is 101 Å². The predicted octanol–water partition coefficient (Wildman–Crippen LogP) is 1.07. The lowest BCUT2D eigenvalue weighted by Gasteiger charge is -2.27. The molecule has 1 aliphatic rings. The van der Waals surface area contributed by atoms with Gasteiger partial charge in [-0.25, -0.2) is 0 Å². The molecule has 1 amide bonds. The Hall–Kier alpha value is -1.00. The molecule has 0 spiro atoms. The van der Waals surface area contributed by atoms with Gasteiger partial charge in [-0.05, 0) is 12.1 Å². The topological polar surface area (TPSA) is 45.5 Å². The molecule has 1 saturated heterocycles. The Kier molecular flexibility index (Phi) is 5.35. The summed E-state index contributed by atoms with van der Waals surface area (Å²) in [5.74, 6) is 1.12. The van der Waals surface area contributed by atoms with Crippen molar-refractivity contribution in [2.24, 2.45) is 0 Å². The van der Waals surface area contributed by atoms with E-state index in [0.717, 1.165) is 31.9 Å². The second-order valence-electron chi connectivity index (χ2n) is 3.71. The molecule has 1 fully saturated rings. The SMILES string of the molecule is Cl.O=C(CCc1ccco1)N1CCNCC1. The van der Waals surface area contributed by atoms with Gasteiger partial charge in [0.25, 0.3) is 0 Å². The van der Waals surface area contributed by atoms with Crippen LogP contribution >= 0.6 is 12.4 Å². The van der Waals surface area contributed by atoms with Gasteiger partial charge in [-0.15, -0.1) is 12.4 Å². The Morgan fingerprint density at radius 2 is 2.19 bits per heavy atom. The largest absolute Gasteiger partial charge is 0.469 e. The molecule has 0 unspecified atom stereocenters. The molecule has 16 heavy (non-hydrogen) atoms. The van der Waals surface area contributed by atoms with Crippen molar-refractivity contribution in [3.8, 4) is 0 Å². The van der Waals surface area contributed by atoms with Crippen LogP contribution in [0.25, 0.3) is 0 Å². The summed E-state index contributed by atoms with van der Waals surface area (Å²) in [5.41, 5.74) is 0. The molecule has 1 N–H and O–H groups in total. The molecule has 1 aliphatic heterocycles. The van der Waals surface area contributed by atoms with Gasteiger partial charge >= 0.3 is 0 Å². The van der Waals surface area contributed by atoms with E-state index in [-0.39, 0.29) is 18.3 Å². The summed E-state index contributed by atoms with van der Waals surface area (Å²) in [5, 5.41) is 3.23. The van der Waals surface area contributed by atoms with Crippen LogP contribution in [0.2, 0.25) is 0 Å². The summed E-state index contributed by atoms with van der Waals surface area (Å²) >= 11 is 0. The van der Waals surface area contributed by atoms with Crippen LogP contribution in [0.5, 0.6) is 0 Å². The van der Waals surface area contributed by atoms with Gasteiger partial charge in [0.05, 0.1) is 6.26 Å². The zero-order valence-electron chi connectivity index (χ0n) is 9.15. The van der Waals surface area contributed by atoms with Crippen LogP contribution in [-0.2, 0) is 11.2 Å². The standard InChI is InChI=1S/C11H16N2O2.ClH/c14-11(13-7-5-12-6-8-13)4-3-10-2-1-9-15-10;/h1-2,9,12H,3-8H2;1H. The van der Waals surface area contributed by atoms with Crippen LogP contribution in [0.4, 0.5) is 0 Å². The van der Waals surface area contributed by atoms with Gasteiger partial charge in [-0.3, -0.25) is 4.79 Å². The number of piperazine rings is 1. The normalized spacial score (nSPS) is 15.6. The number of rotatable bonds is 3. The fourth-order valence-electron chi connectivity index (χ4n) is 1.76. The maximum atomic E-state index is 11.7. The molecule has 0 aliphatic carbocycles. The second kappa shape index (κ2) is 6.55. The van der Waals surface area contributed by atoms with Crippen molar-refractivity contribution in [3.63, 3.8) is 0 Å². The van der Waals surface area contributed by atoms with Crippen LogP contribution < -0.4 is 5.32 Å². The van der Waals surface area contributed by atoms with E-state index in [2.05, 4.69) is 5.32 Å². The molecule has 1 aromatic rings. The number of nitrogens with one attached hydrogen (secondary N) is 1. The first-order valence-corrected chi connectivity index (χ1v) is 5.37. The number of halogens is 1. The minimum atomic E-state index is 0. The third-order valence-electron chi connectivity index (χ3n) is 2.64. The lowest BCUT2D eigenvalue weighted by atomic mass is 10.2. The molecular formula is C11H17ClN2O2. The van der Waals surface area contributed by atoms with Crippen molar-refractivity contribution in [2.45, 2.75) is 12.8 Å². The third kappa shape index (κ3) is 3.54. The lowest BCUT2D eigenvalue weighted by Crippen LogP contribution is -2.46. The minimum Gasteiger partial charge on any atom is -0.469 e. The molecule has 5 heteroatoms. The van der Waals surface area contributed by atoms with E-state index in [4.69, 9.17) is 4.42 Å². The van der Waals surface area contributed by atoms with E-state index in [1.807, 2.05) is 17.0 Å². The van der Waals surface area contributed by atoms with Gasteiger partial charge < -0.3 is 14.6 Å². The quantitative estimate of drug-likeness (QED) is 0.865. The Balaban J connectivity index is 0.00000128. The molecule has 0 radical (unpaired) electrons. The highest BCUT2D eigenvalue weighted by atomic mass is 35.5. The highest BCUT2D eigenvalue weighted by molar-refractivity contribution is 5.85. The zero-order chi connectivity index (χ0) is 10.5. The van der Waals surface area contributed by atoms with Gasteiger partial charge in [0.15, 0.2) is 0 Å². The van der Waals surface area contributed by atoms with Crippen molar-refractivity contribution < 1.29 is 9.21 Å². The minimum absolute atomic E-state index is 0. The molecule has 0 saturated carbocycles. The molecule has 4 nitrogen and oxygen atoms in total. The summed E-state index contributed by atoms with van der Waals surface area (Å²) in [6.07, 6.45) is 2.90. The molecule has 90 valence electrons. The maximum absolute atomic E-state index is 11.7. The predicted molar refractivity (Wildman–Crippen MR) is 63.7 cm³/mol. The number of amides is 1. The van der Waals surface area contributed by atoms with Crippen LogP contribution in [0.3, 0.4) is 0 Å². The van der Waals surface area contributed by atoms with Crippen LogP contribution in [0.1, 0.15) is 12.2 Å². The highest BCUT2D eigenvalue weighted by Crippen LogP contribution is 2.06. The van der Waals surface area contributed by atoms with E-state index in [1.165, 1.54) is 0 Å². The summed E-state index contributed by atoms with van der Waals surface area (Å²) < 4.78 is 5.19. The third-order valence-corrected chi connectivity index (χ3v) is 2.64. The summed E-state index contributed by atoms with van der Waals surface area (Å²) in [7, 11) is 0. The van der Waals surface area contributed by atoms with Crippen molar-refractivity contribution in [1.29, 1.82) is 0 Å². The van der Waals surface area contributed by atoms with Gasteiger partial charge in [0.2, 0.25) is 5.91 Å². The van der Waals surface area contributed by atoms with Crippen LogP contribution in [-0.4, -0.2) is 37.0 Å². The highest BCUT2D eigenvalue weighted by Gasteiger charge is 2.15. The summed E-state index contributed by atoms with van der Waals surface area (Å²) in [6.45, 7) is 3.48. The van der Waals surface area contributed by atoms with Crippen molar-refractivity contribution in [1.82, 2.24) is 10.2 Å². The first-order valence-electron chi connectivity index (χ1n) is 5.37. The van der Waals surface area contributed by atoms with Crippen molar-refractivity contribution in [2.75, 3.05) is 26.2 Å². The number of carbonyl (C=O) groups is 1. The number of hydrogen-bond acceptors (Lipinski definition) is 3. The number of furan rings is 1. The van der Waals surface area contributed by atoms with Gasteiger partial charge in [0, 0.05) is 39.0 Å². The molecule has 0 atom stereocenters. The number of carbonyl (C=O) groups excluding carboxylic acids is 1. The van der Waals surface area contributed by atoms with Crippen LogP contribution in [0, 0.1) is 0 Å². The van der Waals surface area contributed by atoms with E-state index >= 15 is 0 Å². The van der Waals surface area contributed by atoms with Gasteiger partial charge in [-0.1, -0.05) is 0 Å². The number of nitrogens with zero attached hydrogens (tertiary/aromatic N) is 1. The Bertz CT molecular complexity index is 308. The number of aryl methyl sites for hydroxylation is 1. The van der Waals surface area contributed by atoms with Crippen LogP contribution in [0.15, 0.2) is 22.8 Å². The van der Waals surface area contributed by atoms with Gasteiger partial charge in [0.1, 0.15) is 5.76 Å². The maximum Gasteiger partial charge on any atom is 0.223 e. The van der Waals surface area contributed by atoms with Crippen molar-refractivity contribution >= 4 is 18.3 Å². The van der Waals surface area contributed by atoms with E-state index in [1.54, 1.807) is 6.26 Å². The average Bonchev–Trinajstić information content (AvgIpc) is 2.80. The van der Waals surface area contributed by atoms with E-state index in [0.29, 0.717) is 12.8 Å². The first-order chi connectivity index (χ1) is 7.36. The van der Waals surface area contributed by atoms with E-state index < -0.39 is 0 Å². The Morgan fingerprint density at radius 3 is 2.81 bits per heavy atom. The monoisotopic (exact) mass is 244 g/mol. The molecule has 2 heterocycles. The number of hydrogen-bond donors (Lipinski definition) is 1. The lowest BCUT2D eigenvalue weighted by molar-refractivity contribution is -0.131.